The quantitative estimate of drug-likeness (QED) is 0.784. The van der Waals surface area contributed by atoms with E-state index in [1.165, 1.54) is 5.56 Å². The molecular weight excluding hydrogens is 326 g/mol. The topological polar surface area (TPSA) is 69.3 Å². The van der Waals surface area contributed by atoms with Gasteiger partial charge in [0.1, 0.15) is 0 Å². The van der Waals surface area contributed by atoms with Crippen LogP contribution in [0.4, 0.5) is 0 Å². The van der Waals surface area contributed by atoms with E-state index >= 15 is 0 Å². The zero-order chi connectivity index (χ0) is 17.8. The summed E-state index contributed by atoms with van der Waals surface area (Å²) in [5.41, 5.74) is 8.85. The smallest absolute Gasteiger partial charge is 0.251 e. The monoisotopic (exact) mass is 351 g/mol. The molecule has 0 bridgehead atoms. The van der Waals surface area contributed by atoms with E-state index in [0.717, 1.165) is 32.4 Å². The van der Waals surface area contributed by atoms with Crippen LogP contribution in [-0.2, 0) is 0 Å². The molecule has 136 valence electrons. The number of carbonyl (C=O) groups excluding carboxylic acids is 1. The second-order valence-electron chi connectivity index (χ2n) is 7.02. The highest BCUT2D eigenvalue weighted by atomic mass is 16.1. The van der Waals surface area contributed by atoms with E-state index in [2.05, 4.69) is 50.3 Å². The van der Waals surface area contributed by atoms with Crippen molar-refractivity contribution in [1.29, 1.82) is 0 Å². The first kappa shape index (κ1) is 17.1. The molecule has 0 radical (unpaired) electrons. The lowest BCUT2D eigenvalue weighted by Crippen LogP contribution is -2.51. The summed E-state index contributed by atoms with van der Waals surface area (Å²) in [6.07, 6.45) is 6.66. The lowest BCUT2D eigenvalue weighted by Gasteiger charge is -2.35. The van der Waals surface area contributed by atoms with Crippen molar-refractivity contribution >= 4 is 5.91 Å². The van der Waals surface area contributed by atoms with Gasteiger partial charge in [-0.05, 0) is 37.0 Å². The zero-order valence-electron chi connectivity index (χ0n) is 14.8. The van der Waals surface area contributed by atoms with Crippen LogP contribution in [0.2, 0.25) is 0 Å². The van der Waals surface area contributed by atoms with Crippen molar-refractivity contribution < 1.29 is 4.79 Å². The Bertz CT molecular complexity index is 715. The number of hydrogen-bond acceptors (Lipinski definition) is 5. The van der Waals surface area contributed by atoms with E-state index in [4.69, 9.17) is 0 Å². The predicted molar refractivity (Wildman–Crippen MR) is 100 cm³/mol. The average molecular weight is 351 g/mol. The van der Waals surface area contributed by atoms with Crippen LogP contribution >= 0.6 is 0 Å². The van der Waals surface area contributed by atoms with Crippen LogP contribution in [0.1, 0.15) is 41.2 Å². The Balaban J connectivity index is 1.26. The van der Waals surface area contributed by atoms with Crippen molar-refractivity contribution in [3.8, 4) is 0 Å². The third-order valence-electron chi connectivity index (χ3n) is 5.33. The number of piperidine rings is 1. The number of hydrogen-bond donors (Lipinski definition) is 3. The maximum absolute atomic E-state index is 12.3. The molecule has 2 aromatic rings. The number of benzene rings is 1. The molecule has 2 aliphatic heterocycles. The van der Waals surface area contributed by atoms with Crippen molar-refractivity contribution in [3.63, 3.8) is 0 Å². The third-order valence-corrected chi connectivity index (χ3v) is 5.33. The number of rotatable bonds is 4. The number of carbonyl (C=O) groups is 1. The van der Waals surface area contributed by atoms with Gasteiger partial charge in [0.25, 0.3) is 5.91 Å². The van der Waals surface area contributed by atoms with Gasteiger partial charge in [-0.3, -0.25) is 14.7 Å². The fourth-order valence-electron chi connectivity index (χ4n) is 3.81. The van der Waals surface area contributed by atoms with Crippen LogP contribution in [0.3, 0.4) is 0 Å². The van der Waals surface area contributed by atoms with E-state index in [0.29, 0.717) is 17.8 Å². The summed E-state index contributed by atoms with van der Waals surface area (Å²) in [6, 6.07) is 14.7. The number of nitrogens with one attached hydrogen (secondary N) is 3. The van der Waals surface area contributed by atoms with Crippen molar-refractivity contribution in [2.75, 3.05) is 13.1 Å². The molecule has 1 amide bonds. The minimum atomic E-state index is -0.00403. The predicted octanol–water partition coefficient (Wildman–Crippen LogP) is 1.84. The van der Waals surface area contributed by atoms with Crippen LogP contribution in [0.25, 0.3) is 0 Å². The van der Waals surface area contributed by atoms with Gasteiger partial charge in [-0.25, -0.2) is 10.9 Å². The van der Waals surface area contributed by atoms with Crippen molar-refractivity contribution in [3.05, 3.63) is 66.0 Å². The normalized spacial score (nSPS) is 24.5. The van der Waals surface area contributed by atoms with Gasteiger partial charge in [0, 0.05) is 43.1 Å². The van der Waals surface area contributed by atoms with E-state index in [-0.39, 0.29) is 11.9 Å². The largest absolute Gasteiger partial charge is 0.349 e. The van der Waals surface area contributed by atoms with Crippen LogP contribution < -0.4 is 16.2 Å². The molecule has 4 rings (SSSR count). The summed E-state index contributed by atoms with van der Waals surface area (Å²) in [7, 11) is 0. The Kier molecular flexibility index (Phi) is 5.24. The fourth-order valence-corrected chi connectivity index (χ4v) is 3.81. The van der Waals surface area contributed by atoms with Crippen LogP contribution in [0.15, 0.2) is 54.9 Å². The van der Waals surface area contributed by atoms with Crippen molar-refractivity contribution in [2.45, 2.75) is 37.5 Å². The number of amides is 1. The molecule has 0 saturated carbocycles. The number of aromatic nitrogens is 1. The summed E-state index contributed by atoms with van der Waals surface area (Å²) < 4.78 is 0. The van der Waals surface area contributed by atoms with E-state index in [1.54, 1.807) is 24.5 Å². The number of nitrogens with zero attached hydrogens (tertiary/aromatic N) is 2. The summed E-state index contributed by atoms with van der Waals surface area (Å²) in [5, 5.41) is 3.15. The lowest BCUT2D eigenvalue weighted by atomic mass is 10.0. The Labute approximate surface area is 154 Å². The highest BCUT2D eigenvalue weighted by molar-refractivity contribution is 5.94. The molecule has 3 N–H and O–H groups in total. The maximum Gasteiger partial charge on any atom is 0.251 e. The molecule has 1 aromatic heterocycles. The molecule has 2 saturated heterocycles. The molecular formula is C20H25N5O. The Morgan fingerprint density at radius 1 is 1.04 bits per heavy atom. The molecule has 2 unspecified atom stereocenters. The molecule has 1 aromatic carbocycles. The van der Waals surface area contributed by atoms with Gasteiger partial charge in [0.15, 0.2) is 0 Å². The summed E-state index contributed by atoms with van der Waals surface area (Å²) >= 11 is 0. The van der Waals surface area contributed by atoms with Crippen molar-refractivity contribution in [1.82, 2.24) is 26.1 Å². The minimum absolute atomic E-state index is 0.00403. The fraction of sp³-hybridized carbons (Fsp3) is 0.400. The second kappa shape index (κ2) is 7.95. The summed E-state index contributed by atoms with van der Waals surface area (Å²) in [5.74, 6) is -0.00403. The number of pyridine rings is 1. The van der Waals surface area contributed by atoms with Gasteiger partial charge in [-0.1, -0.05) is 30.3 Å². The molecule has 6 heteroatoms. The van der Waals surface area contributed by atoms with Gasteiger partial charge >= 0.3 is 0 Å². The Morgan fingerprint density at radius 3 is 2.50 bits per heavy atom. The first-order valence-corrected chi connectivity index (χ1v) is 9.30. The lowest BCUT2D eigenvalue weighted by molar-refractivity contribution is 0.0880. The van der Waals surface area contributed by atoms with Crippen LogP contribution in [-0.4, -0.2) is 41.1 Å². The van der Waals surface area contributed by atoms with E-state index < -0.39 is 0 Å². The molecule has 3 heterocycles. The number of likely N-dealkylation sites (tertiary alicyclic amines) is 1. The van der Waals surface area contributed by atoms with Gasteiger partial charge in [0.05, 0.1) is 6.17 Å². The van der Waals surface area contributed by atoms with E-state index in [9.17, 15) is 4.79 Å². The molecule has 2 atom stereocenters. The summed E-state index contributed by atoms with van der Waals surface area (Å²) in [6.45, 7) is 1.98. The van der Waals surface area contributed by atoms with E-state index in [1.807, 2.05) is 6.07 Å². The Hall–Kier alpha value is -2.28. The van der Waals surface area contributed by atoms with Crippen LogP contribution in [0, 0.1) is 0 Å². The van der Waals surface area contributed by atoms with Gasteiger partial charge < -0.3 is 5.32 Å². The first-order valence-electron chi connectivity index (χ1n) is 9.30. The van der Waals surface area contributed by atoms with Gasteiger partial charge in [-0.15, -0.1) is 0 Å². The Morgan fingerprint density at radius 2 is 1.77 bits per heavy atom. The highest BCUT2D eigenvalue weighted by Crippen LogP contribution is 2.25. The summed E-state index contributed by atoms with van der Waals surface area (Å²) in [4.78, 5) is 18.7. The van der Waals surface area contributed by atoms with Crippen molar-refractivity contribution in [2.24, 2.45) is 0 Å². The SMILES string of the molecule is O=C(NC1CCN(C2CC(c3ccccc3)NN2)CC1)c1ccncc1. The average Bonchev–Trinajstić information content (AvgIpc) is 3.20. The zero-order valence-corrected chi connectivity index (χ0v) is 14.8. The minimum Gasteiger partial charge on any atom is -0.349 e. The third kappa shape index (κ3) is 3.93. The van der Waals surface area contributed by atoms with Gasteiger partial charge in [0.2, 0.25) is 0 Å². The second-order valence-corrected chi connectivity index (χ2v) is 7.02. The van der Waals surface area contributed by atoms with Gasteiger partial charge in [-0.2, -0.15) is 0 Å². The molecule has 0 aliphatic carbocycles. The molecule has 0 spiro atoms. The maximum atomic E-state index is 12.3. The molecule has 2 aliphatic rings. The molecule has 6 nitrogen and oxygen atoms in total. The molecule has 26 heavy (non-hydrogen) atoms. The number of hydrazine groups is 1. The molecule has 2 fully saturated rings. The standard InChI is InChI=1S/C20H25N5O/c26-20(16-6-10-21-11-7-16)22-17-8-12-25(13-9-17)19-14-18(23-24-19)15-4-2-1-3-5-15/h1-7,10-11,17-19,23-24H,8-9,12-14H2,(H,22,26). The first-order chi connectivity index (χ1) is 12.8. The van der Waals surface area contributed by atoms with Crippen LogP contribution in [0.5, 0.6) is 0 Å². The highest BCUT2D eigenvalue weighted by Gasteiger charge is 2.32.